The molecule has 1 aromatic rings. The molecular weight excluding hydrogens is 224 g/mol. The SMILES string of the molecule is CCCc1nn(C)c(N2CC3CCCC3C2)c1N. The fourth-order valence-corrected chi connectivity index (χ4v) is 3.79. The van der Waals surface area contributed by atoms with E-state index in [1.54, 1.807) is 0 Å². The van der Waals surface area contributed by atoms with Gasteiger partial charge in [-0.2, -0.15) is 5.10 Å². The van der Waals surface area contributed by atoms with Gasteiger partial charge in [-0.3, -0.25) is 4.68 Å². The molecule has 4 nitrogen and oxygen atoms in total. The largest absolute Gasteiger partial charge is 0.394 e. The molecule has 100 valence electrons. The van der Waals surface area contributed by atoms with Crippen LogP contribution < -0.4 is 10.6 Å². The molecule has 0 spiro atoms. The fraction of sp³-hybridized carbons (Fsp3) is 0.786. The monoisotopic (exact) mass is 248 g/mol. The van der Waals surface area contributed by atoms with Crippen molar-refractivity contribution in [1.82, 2.24) is 9.78 Å². The zero-order chi connectivity index (χ0) is 12.7. The van der Waals surface area contributed by atoms with Gasteiger partial charge in [-0.1, -0.05) is 19.8 Å². The Morgan fingerprint density at radius 3 is 2.56 bits per heavy atom. The predicted molar refractivity (Wildman–Crippen MR) is 74.7 cm³/mol. The summed E-state index contributed by atoms with van der Waals surface area (Å²) in [7, 11) is 2.03. The Bertz CT molecular complexity index is 425. The summed E-state index contributed by atoms with van der Waals surface area (Å²) in [6.45, 7) is 4.54. The summed E-state index contributed by atoms with van der Waals surface area (Å²) < 4.78 is 1.99. The molecule has 1 aromatic heterocycles. The zero-order valence-electron chi connectivity index (χ0n) is 11.5. The number of hydrogen-bond donors (Lipinski definition) is 1. The van der Waals surface area contributed by atoms with E-state index in [2.05, 4.69) is 16.9 Å². The average molecular weight is 248 g/mol. The van der Waals surface area contributed by atoms with Crippen molar-refractivity contribution >= 4 is 11.5 Å². The smallest absolute Gasteiger partial charge is 0.150 e. The Balaban J connectivity index is 1.84. The van der Waals surface area contributed by atoms with Gasteiger partial charge in [0.15, 0.2) is 0 Å². The van der Waals surface area contributed by atoms with Crippen LogP contribution in [-0.2, 0) is 13.5 Å². The van der Waals surface area contributed by atoms with Crippen molar-refractivity contribution in [3.8, 4) is 0 Å². The Kier molecular flexibility index (Phi) is 2.96. The molecule has 4 heteroatoms. The molecule has 1 saturated heterocycles. The van der Waals surface area contributed by atoms with Crippen LogP contribution >= 0.6 is 0 Å². The summed E-state index contributed by atoms with van der Waals surface area (Å²) in [5, 5.41) is 4.59. The molecule has 3 rings (SSSR count). The van der Waals surface area contributed by atoms with Gasteiger partial charge in [-0.05, 0) is 31.1 Å². The summed E-state index contributed by atoms with van der Waals surface area (Å²) in [5.41, 5.74) is 8.29. The van der Waals surface area contributed by atoms with Gasteiger partial charge in [0.1, 0.15) is 5.82 Å². The highest BCUT2D eigenvalue weighted by atomic mass is 15.4. The van der Waals surface area contributed by atoms with Crippen molar-refractivity contribution in [2.24, 2.45) is 18.9 Å². The Morgan fingerprint density at radius 1 is 1.28 bits per heavy atom. The maximum Gasteiger partial charge on any atom is 0.150 e. The van der Waals surface area contributed by atoms with E-state index < -0.39 is 0 Å². The third kappa shape index (κ3) is 1.78. The molecule has 0 bridgehead atoms. The molecule has 2 aliphatic rings. The summed E-state index contributed by atoms with van der Waals surface area (Å²) in [6, 6.07) is 0. The Morgan fingerprint density at radius 2 is 1.94 bits per heavy atom. The van der Waals surface area contributed by atoms with E-state index in [0.717, 1.165) is 41.9 Å². The lowest BCUT2D eigenvalue weighted by Gasteiger charge is -2.20. The Labute approximate surface area is 109 Å². The van der Waals surface area contributed by atoms with E-state index in [1.165, 1.54) is 32.4 Å². The minimum absolute atomic E-state index is 0.897. The first-order chi connectivity index (χ1) is 8.70. The second-order valence-electron chi connectivity index (χ2n) is 5.91. The van der Waals surface area contributed by atoms with Gasteiger partial charge in [-0.25, -0.2) is 0 Å². The number of rotatable bonds is 3. The zero-order valence-corrected chi connectivity index (χ0v) is 11.5. The van der Waals surface area contributed by atoms with E-state index in [4.69, 9.17) is 5.73 Å². The number of aromatic nitrogens is 2. The fourth-order valence-electron chi connectivity index (χ4n) is 3.79. The molecule has 0 amide bonds. The topological polar surface area (TPSA) is 47.1 Å². The van der Waals surface area contributed by atoms with Crippen LogP contribution in [-0.4, -0.2) is 22.9 Å². The molecule has 2 fully saturated rings. The lowest BCUT2D eigenvalue weighted by Crippen LogP contribution is -2.24. The second kappa shape index (κ2) is 4.48. The first-order valence-electron chi connectivity index (χ1n) is 7.27. The van der Waals surface area contributed by atoms with E-state index in [1.807, 2.05) is 11.7 Å². The highest BCUT2D eigenvalue weighted by molar-refractivity contribution is 5.67. The summed E-state index contributed by atoms with van der Waals surface area (Å²) in [4.78, 5) is 2.47. The molecule has 18 heavy (non-hydrogen) atoms. The van der Waals surface area contributed by atoms with Gasteiger partial charge in [-0.15, -0.1) is 0 Å². The van der Waals surface area contributed by atoms with Gasteiger partial charge in [0.05, 0.1) is 11.4 Å². The molecular formula is C14H24N4. The number of nitrogens with zero attached hydrogens (tertiary/aromatic N) is 3. The van der Waals surface area contributed by atoms with Gasteiger partial charge < -0.3 is 10.6 Å². The van der Waals surface area contributed by atoms with Gasteiger partial charge in [0, 0.05) is 20.1 Å². The normalized spacial score (nSPS) is 26.9. The maximum atomic E-state index is 6.30. The van der Waals surface area contributed by atoms with E-state index in [9.17, 15) is 0 Å². The lowest BCUT2D eigenvalue weighted by atomic mass is 10.0. The van der Waals surface area contributed by atoms with E-state index in [0.29, 0.717) is 0 Å². The average Bonchev–Trinajstić information content (AvgIpc) is 2.94. The van der Waals surface area contributed by atoms with Gasteiger partial charge in [0.2, 0.25) is 0 Å². The first kappa shape index (κ1) is 11.9. The summed E-state index contributed by atoms with van der Waals surface area (Å²) >= 11 is 0. The number of anilines is 2. The minimum atomic E-state index is 0.897. The van der Waals surface area contributed by atoms with E-state index >= 15 is 0 Å². The number of nitrogens with two attached hydrogens (primary N) is 1. The van der Waals surface area contributed by atoms with Crippen LogP contribution in [0.1, 0.15) is 38.3 Å². The second-order valence-corrected chi connectivity index (χ2v) is 5.91. The molecule has 2 N–H and O–H groups in total. The highest BCUT2D eigenvalue weighted by Gasteiger charge is 2.37. The molecule has 2 heterocycles. The lowest BCUT2D eigenvalue weighted by molar-refractivity contribution is 0.494. The minimum Gasteiger partial charge on any atom is -0.394 e. The van der Waals surface area contributed by atoms with Crippen molar-refractivity contribution < 1.29 is 0 Å². The van der Waals surface area contributed by atoms with E-state index in [-0.39, 0.29) is 0 Å². The first-order valence-corrected chi connectivity index (χ1v) is 7.27. The van der Waals surface area contributed by atoms with Crippen LogP contribution in [0.25, 0.3) is 0 Å². The molecule has 1 aliphatic heterocycles. The molecule has 0 aromatic carbocycles. The predicted octanol–water partition coefficient (Wildman–Crippen LogP) is 2.19. The third-order valence-corrected chi connectivity index (χ3v) is 4.64. The van der Waals surface area contributed by atoms with Crippen molar-refractivity contribution in [3.05, 3.63) is 5.69 Å². The Hall–Kier alpha value is -1.19. The highest BCUT2D eigenvalue weighted by Crippen LogP contribution is 2.41. The number of hydrogen-bond acceptors (Lipinski definition) is 3. The molecule has 1 saturated carbocycles. The van der Waals surface area contributed by atoms with Crippen LogP contribution in [0.4, 0.5) is 11.5 Å². The maximum absolute atomic E-state index is 6.30. The van der Waals surface area contributed by atoms with Crippen molar-refractivity contribution in [3.63, 3.8) is 0 Å². The quantitative estimate of drug-likeness (QED) is 0.892. The van der Waals surface area contributed by atoms with Crippen LogP contribution in [0, 0.1) is 11.8 Å². The molecule has 0 radical (unpaired) electrons. The molecule has 2 atom stereocenters. The third-order valence-electron chi connectivity index (χ3n) is 4.64. The summed E-state index contributed by atoms with van der Waals surface area (Å²) in [5.74, 6) is 2.95. The van der Waals surface area contributed by atoms with Crippen LogP contribution in [0.15, 0.2) is 0 Å². The van der Waals surface area contributed by atoms with Crippen LogP contribution in [0.2, 0.25) is 0 Å². The van der Waals surface area contributed by atoms with Crippen LogP contribution in [0.3, 0.4) is 0 Å². The van der Waals surface area contributed by atoms with Crippen molar-refractivity contribution in [2.45, 2.75) is 39.0 Å². The summed E-state index contributed by atoms with van der Waals surface area (Å²) in [6.07, 6.45) is 6.32. The van der Waals surface area contributed by atoms with Crippen LogP contribution in [0.5, 0.6) is 0 Å². The van der Waals surface area contributed by atoms with Crippen molar-refractivity contribution in [1.29, 1.82) is 0 Å². The number of aryl methyl sites for hydroxylation is 2. The van der Waals surface area contributed by atoms with Gasteiger partial charge in [0.25, 0.3) is 0 Å². The molecule has 1 aliphatic carbocycles. The van der Waals surface area contributed by atoms with Gasteiger partial charge >= 0.3 is 0 Å². The molecule has 2 unspecified atom stereocenters. The van der Waals surface area contributed by atoms with Crippen molar-refractivity contribution in [2.75, 3.05) is 23.7 Å². The number of nitrogen functional groups attached to an aromatic ring is 1. The number of fused-ring (bicyclic) bond motifs is 1. The standard InChI is InChI=1S/C14H24N4/c1-3-5-12-13(15)14(17(2)16-12)18-8-10-6-4-7-11(10)9-18/h10-11H,3-9,15H2,1-2H3.